The summed E-state index contributed by atoms with van der Waals surface area (Å²) >= 11 is 0. The highest BCUT2D eigenvalue weighted by atomic mass is 16.5. The maximum absolute atomic E-state index is 12.2. The fourth-order valence-electron chi connectivity index (χ4n) is 3.16. The number of aromatic nitrogens is 2. The molecule has 1 aromatic carbocycles. The van der Waals surface area contributed by atoms with E-state index in [9.17, 15) is 9.59 Å². The van der Waals surface area contributed by atoms with E-state index in [1.165, 1.54) is 10.1 Å². The number of nitrogens with one attached hydrogen (secondary N) is 1. The van der Waals surface area contributed by atoms with Crippen LogP contribution in [-0.2, 0) is 17.8 Å². The summed E-state index contributed by atoms with van der Waals surface area (Å²) in [5.74, 6) is 1.08. The Balaban J connectivity index is 1.59. The van der Waals surface area contributed by atoms with Crippen molar-refractivity contribution in [3.05, 3.63) is 57.8 Å². The molecule has 1 aliphatic rings. The van der Waals surface area contributed by atoms with Crippen LogP contribution in [0.4, 0.5) is 0 Å². The highest BCUT2D eigenvalue weighted by molar-refractivity contribution is 5.75. The Morgan fingerprint density at radius 2 is 2.16 bits per heavy atom. The normalized spacial score (nSPS) is 16.5. The molecular weight excluding hydrogens is 318 g/mol. The topological polar surface area (TPSA) is 73.2 Å². The minimum Gasteiger partial charge on any atom is -0.493 e. The molecular formula is C19H23N3O3. The Morgan fingerprint density at radius 1 is 1.36 bits per heavy atom. The molecule has 0 radical (unpaired) electrons. The van der Waals surface area contributed by atoms with Crippen molar-refractivity contribution in [2.24, 2.45) is 5.92 Å². The van der Waals surface area contributed by atoms with Crippen molar-refractivity contribution >= 4 is 5.91 Å². The molecule has 1 aliphatic heterocycles. The van der Waals surface area contributed by atoms with Gasteiger partial charge < -0.3 is 10.1 Å². The van der Waals surface area contributed by atoms with Gasteiger partial charge >= 0.3 is 5.69 Å². The number of benzene rings is 1. The summed E-state index contributed by atoms with van der Waals surface area (Å²) in [7, 11) is 0. The largest absolute Gasteiger partial charge is 0.493 e. The SMILES string of the molecule is Cc1cc(C)n(CC(=O)NC[C@@H]2CCOc3ccccc3C2)c(=O)n1. The molecule has 1 atom stereocenters. The molecule has 3 rings (SSSR count). The second-order valence-corrected chi connectivity index (χ2v) is 6.53. The maximum Gasteiger partial charge on any atom is 0.348 e. The van der Waals surface area contributed by atoms with Crippen LogP contribution in [0.5, 0.6) is 5.75 Å². The van der Waals surface area contributed by atoms with Gasteiger partial charge in [0.05, 0.1) is 6.61 Å². The summed E-state index contributed by atoms with van der Waals surface area (Å²) in [6.45, 7) is 4.80. The van der Waals surface area contributed by atoms with Crippen molar-refractivity contribution in [1.82, 2.24) is 14.9 Å². The lowest BCUT2D eigenvalue weighted by atomic mass is 9.97. The van der Waals surface area contributed by atoms with Crippen molar-refractivity contribution in [2.45, 2.75) is 33.2 Å². The van der Waals surface area contributed by atoms with Crippen LogP contribution < -0.4 is 15.7 Å². The van der Waals surface area contributed by atoms with Crippen LogP contribution in [0.2, 0.25) is 0 Å². The number of para-hydroxylation sites is 1. The lowest BCUT2D eigenvalue weighted by Gasteiger charge is -2.15. The van der Waals surface area contributed by atoms with Gasteiger partial charge in [-0.25, -0.2) is 4.79 Å². The number of aryl methyl sites for hydroxylation is 2. The first-order valence-electron chi connectivity index (χ1n) is 8.55. The average Bonchev–Trinajstić information content (AvgIpc) is 2.78. The van der Waals surface area contributed by atoms with Crippen molar-refractivity contribution in [1.29, 1.82) is 0 Å². The second-order valence-electron chi connectivity index (χ2n) is 6.53. The average molecular weight is 341 g/mol. The van der Waals surface area contributed by atoms with E-state index in [2.05, 4.69) is 16.4 Å². The molecule has 2 heterocycles. The molecule has 0 spiro atoms. The van der Waals surface area contributed by atoms with Crippen molar-refractivity contribution < 1.29 is 9.53 Å². The number of nitrogens with zero attached hydrogens (tertiary/aromatic N) is 2. The van der Waals surface area contributed by atoms with Gasteiger partial charge in [-0.3, -0.25) is 9.36 Å². The highest BCUT2D eigenvalue weighted by Crippen LogP contribution is 2.26. The third-order valence-corrected chi connectivity index (χ3v) is 4.50. The molecule has 25 heavy (non-hydrogen) atoms. The molecule has 0 aliphatic carbocycles. The molecule has 1 aromatic heterocycles. The zero-order valence-electron chi connectivity index (χ0n) is 14.6. The van der Waals surface area contributed by atoms with Crippen LogP contribution in [-0.4, -0.2) is 28.6 Å². The molecule has 0 bridgehead atoms. The minimum atomic E-state index is -0.385. The molecule has 0 saturated carbocycles. The predicted octanol–water partition coefficient (Wildman–Crippen LogP) is 1.62. The van der Waals surface area contributed by atoms with Crippen LogP contribution in [0.3, 0.4) is 0 Å². The molecule has 6 nitrogen and oxygen atoms in total. The van der Waals surface area contributed by atoms with Gasteiger partial charge in [0, 0.05) is 17.9 Å². The summed E-state index contributed by atoms with van der Waals surface area (Å²) in [5.41, 5.74) is 2.19. The molecule has 0 fully saturated rings. The van der Waals surface area contributed by atoms with E-state index in [-0.39, 0.29) is 18.1 Å². The molecule has 1 amide bonds. The van der Waals surface area contributed by atoms with Crippen LogP contribution in [0.1, 0.15) is 23.4 Å². The second kappa shape index (κ2) is 7.51. The van der Waals surface area contributed by atoms with Crippen molar-refractivity contribution in [3.63, 3.8) is 0 Å². The van der Waals surface area contributed by atoms with Crippen molar-refractivity contribution in [3.8, 4) is 5.75 Å². The fraction of sp³-hybridized carbons (Fsp3) is 0.421. The van der Waals surface area contributed by atoms with Crippen molar-refractivity contribution in [2.75, 3.05) is 13.2 Å². The Hall–Kier alpha value is -2.63. The van der Waals surface area contributed by atoms with E-state index in [0.29, 0.717) is 24.8 Å². The summed E-state index contributed by atoms with van der Waals surface area (Å²) in [6, 6.07) is 9.82. The Bertz CT molecular complexity index is 829. The van der Waals surface area contributed by atoms with E-state index in [1.54, 1.807) is 13.0 Å². The molecule has 0 unspecified atom stereocenters. The highest BCUT2D eigenvalue weighted by Gasteiger charge is 2.18. The Kier molecular flexibility index (Phi) is 5.16. The number of hydrogen-bond acceptors (Lipinski definition) is 4. The maximum atomic E-state index is 12.2. The first kappa shape index (κ1) is 17.2. The number of carbonyl (C=O) groups excluding carboxylic acids is 1. The van der Waals surface area contributed by atoms with E-state index in [4.69, 9.17) is 4.74 Å². The van der Waals surface area contributed by atoms with Crippen LogP contribution in [0.15, 0.2) is 35.1 Å². The standard InChI is InChI=1S/C19H23N3O3/c1-13-9-14(2)22(19(24)21-13)12-18(23)20-11-15-7-8-25-17-6-4-3-5-16(17)10-15/h3-6,9,15H,7-8,10-12H2,1-2H3,(H,20,23)/t15-/m1/s1. The van der Waals surface area contributed by atoms with Gasteiger partial charge in [0.1, 0.15) is 12.3 Å². The number of hydrogen-bond donors (Lipinski definition) is 1. The van der Waals surface area contributed by atoms with Crippen LogP contribution in [0.25, 0.3) is 0 Å². The summed E-state index contributed by atoms with van der Waals surface area (Å²) < 4.78 is 7.15. The third-order valence-electron chi connectivity index (χ3n) is 4.50. The predicted molar refractivity (Wildman–Crippen MR) is 94.7 cm³/mol. The fourth-order valence-corrected chi connectivity index (χ4v) is 3.16. The summed E-state index contributed by atoms with van der Waals surface area (Å²) in [5, 5.41) is 2.95. The number of fused-ring (bicyclic) bond motifs is 1. The lowest BCUT2D eigenvalue weighted by molar-refractivity contribution is -0.122. The number of rotatable bonds is 4. The van der Waals surface area contributed by atoms with E-state index >= 15 is 0 Å². The third kappa shape index (κ3) is 4.26. The zero-order valence-corrected chi connectivity index (χ0v) is 14.6. The van der Waals surface area contributed by atoms with E-state index in [0.717, 1.165) is 24.3 Å². The molecule has 132 valence electrons. The summed E-state index contributed by atoms with van der Waals surface area (Å²) in [6.07, 6.45) is 1.77. The number of carbonyl (C=O) groups is 1. The molecule has 6 heteroatoms. The minimum absolute atomic E-state index is 0.00223. The van der Waals surface area contributed by atoms with Gasteiger partial charge in [0.15, 0.2) is 0 Å². The monoisotopic (exact) mass is 341 g/mol. The van der Waals surface area contributed by atoms with Gasteiger partial charge in [0.2, 0.25) is 5.91 Å². The van der Waals surface area contributed by atoms with Crippen LogP contribution in [0, 0.1) is 19.8 Å². The zero-order chi connectivity index (χ0) is 17.8. The van der Waals surface area contributed by atoms with E-state index < -0.39 is 0 Å². The van der Waals surface area contributed by atoms with E-state index in [1.807, 2.05) is 25.1 Å². The first-order chi connectivity index (χ1) is 12.0. The summed E-state index contributed by atoms with van der Waals surface area (Å²) in [4.78, 5) is 28.1. The van der Waals surface area contributed by atoms with Gasteiger partial charge in [-0.1, -0.05) is 18.2 Å². The number of ether oxygens (including phenoxy) is 1. The van der Waals surface area contributed by atoms with Gasteiger partial charge in [0.25, 0.3) is 0 Å². The first-order valence-corrected chi connectivity index (χ1v) is 8.55. The van der Waals surface area contributed by atoms with Crippen LogP contribution >= 0.6 is 0 Å². The lowest BCUT2D eigenvalue weighted by Crippen LogP contribution is -2.37. The molecule has 0 saturated heterocycles. The van der Waals surface area contributed by atoms with Gasteiger partial charge in [-0.15, -0.1) is 0 Å². The smallest absolute Gasteiger partial charge is 0.348 e. The van der Waals surface area contributed by atoms with Gasteiger partial charge in [-0.05, 0) is 50.3 Å². The quantitative estimate of drug-likeness (QED) is 0.917. The molecule has 2 aromatic rings. The Morgan fingerprint density at radius 3 is 2.96 bits per heavy atom. The molecule has 1 N–H and O–H groups in total. The Labute approximate surface area is 146 Å². The number of amides is 1. The van der Waals surface area contributed by atoms with Gasteiger partial charge in [-0.2, -0.15) is 4.98 Å².